The number of carbonyl (C=O) groups excluding carboxylic acids is 2. The van der Waals surface area contributed by atoms with E-state index in [0.29, 0.717) is 17.2 Å². The number of carbonyl (C=O) groups is 2. The molecule has 2 aromatic heterocycles. The largest absolute Gasteiger partial charge is 0.373 e. The zero-order valence-corrected chi connectivity index (χ0v) is 21.1. The molecule has 1 aliphatic rings. The molecule has 36 heavy (non-hydrogen) atoms. The van der Waals surface area contributed by atoms with Crippen LogP contribution >= 0.6 is 0 Å². The quantitative estimate of drug-likeness (QED) is 0.428. The summed E-state index contributed by atoms with van der Waals surface area (Å²) in [4.78, 5) is 33.6. The third-order valence-electron chi connectivity index (χ3n) is 5.78. The molecule has 0 fully saturated rings. The molecule has 11 heteroatoms. The molecular formula is C25H30FN7O3. The number of amides is 4. The summed E-state index contributed by atoms with van der Waals surface area (Å²) in [6, 6.07) is 6.49. The second kappa shape index (κ2) is 9.48. The van der Waals surface area contributed by atoms with Crippen LogP contribution in [0.4, 0.5) is 42.7 Å². The highest BCUT2D eigenvalue weighted by atomic mass is 19.1. The van der Waals surface area contributed by atoms with Crippen LogP contribution in [0.5, 0.6) is 0 Å². The molecule has 0 atom stereocenters. The van der Waals surface area contributed by atoms with E-state index in [2.05, 4.69) is 26.1 Å². The molecule has 190 valence electrons. The van der Waals surface area contributed by atoms with E-state index in [9.17, 15) is 14.0 Å². The van der Waals surface area contributed by atoms with E-state index in [4.69, 9.17) is 4.52 Å². The van der Waals surface area contributed by atoms with E-state index in [1.807, 2.05) is 40.7 Å². The van der Waals surface area contributed by atoms with Crippen molar-refractivity contribution in [3.63, 3.8) is 0 Å². The maximum Gasteiger partial charge on any atom is 0.329 e. The lowest BCUT2D eigenvalue weighted by atomic mass is 9.92. The van der Waals surface area contributed by atoms with Crippen molar-refractivity contribution in [2.75, 3.05) is 32.8 Å². The van der Waals surface area contributed by atoms with Crippen LogP contribution in [0.25, 0.3) is 0 Å². The summed E-state index contributed by atoms with van der Waals surface area (Å²) < 4.78 is 19.8. The van der Waals surface area contributed by atoms with Gasteiger partial charge in [-0.1, -0.05) is 25.9 Å². The Morgan fingerprint density at radius 2 is 1.92 bits per heavy atom. The number of hydrogen-bond donors (Lipinski definition) is 3. The van der Waals surface area contributed by atoms with Crippen LogP contribution < -0.4 is 25.8 Å². The molecule has 0 spiro atoms. The molecule has 10 nitrogen and oxygen atoms in total. The number of nitrogens with one attached hydrogen (secondary N) is 3. The normalized spacial score (nSPS) is 13.6. The number of fused-ring (bicyclic) bond motifs is 1. The number of halogens is 1. The average Bonchev–Trinajstić information content (AvgIpc) is 3.28. The van der Waals surface area contributed by atoms with Gasteiger partial charge in [0, 0.05) is 48.1 Å². The molecule has 0 saturated carbocycles. The summed E-state index contributed by atoms with van der Waals surface area (Å²) in [6.45, 7) is 9.98. The first-order valence-electron chi connectivity index (χ1n) is 11.6. The number of pyridine rings is 1. The van der Waals surface area contributed by atoms with Crippen LogP contribution in [0.15, 0.2) is 41.1 Å². The molecule has 1 aliphatic heterocycles. The Labute approximate surface area is 208 Å². The molecule has 0 bridgehead atoms. The molecule has 3 heterocycles. The van der Waals surface area contributed by atoms with Gasteiger partial charge in [-0.2, -0.15) is 0 Å². The Kier molecular flexibility index (Phi) is 6.57. The van der Waals surface area contributed by atoms with Crippen LogP contribution in [0.3, 0.4) is 0 Å². The lowest BCUT2D eigenvalue weighted by Crippen LogP contribution is -2.50. The maximum absolute atomic E-state index is 14.6. The zero-order valence-electron chi connectivity index (χ0n) is 21.1. The maximum atomic E-state index is 14.6. The minimum absolute atomic E-state index is 0.0843. The molecular weight excluding hydrogens is 465 g/mol. The molecule has 4 amide bonds. The number of benzene rings is 1. The van der Waals surface area contributed by atoms with E-state index < -0.39 is 11.8 Å². The van der Waals surface area contributed by atoms with Crippen molar-refractivity contribution < 1.29 is 18.5 Å². The predicted octanol–water partition coefficient (Wildman–Crippen LogP) is 5.55. The van der Waals surface area contributed by atoms with Crippen molar-refractivity contribution >= 4 is 40.8 Å². The summed E-state index contributed by atoms with van der Waals surface area (Å²) in [7, 11) is 1.76. The number of anilines is 5. The highest BCUT2D eigenvalue weighted by Crippen LogP contribution is 2.35. The summed E-state index contributed by atoms with van der Waals surface area (Å²) in [5, 5.41) is 11.9. The van der Waals surface area contributed by atoms with Gasteiger partial charge in [0.15, 0.2) is 0 Å². The Morgan fingerprint density at radius 1 is 1.17 bits per heavy atom. The van der Waals surface area contributed by atoms with Gasteiger partial charge in [0.1, 0.15) is 11.6 Å². The number of rotatable bonds is 5. The van der Waals surface area contributed by atoms with Gasteiger partial charge in [0.2, 0.25) is 5.88 Å². The Bertz CT molecular complexity index is 1300. The van der Waals surface area contributed by atoms with Crippen molar-refractivity contribution in [1.82, 2.24) is 10.1 Å². The first-order chi connectivity index (χ1) is 17.0. The van der Waals surface area contributed by atoms with Gasteiger partial charge in [0.05, 0.1) is 23.6 Å². The van der Waals surface area contributed by atoms with Crippen molar-refractivity contribution in [3.8, 4) is 0 Å². The number of urea groups is 2. The molecule has 1 aromatic carbocycles. The highest BCUT2D eigenvalue weighted by molar-refractivity contribution is 6.07. The van der Waals surface area contributed by atoms with Crippen LogP contribution in [0, 0.1) is 5.82 Å². The minimum Gasteiger partial charge on any atom is -0.373 e. The number of aromatic nitrogens is 2. The molecule has 3 N–H and O–H groups in total. The first kappa shape index (κ1) is 25.0. The standard InChI is InChI=1S/C25H30FN7O3/c1-14(2)33-19-10-21(27-6)28-12-15(19)13-32(24(33)35)16-7-8-17(26)18(9-16)29-23(34)30-22-11-20(31-36-22)25(3,4)5/h7-12,14H,13H2,1-6H3,(H,27,28)(H2,29,30,34). The molecule has 0 saturated heterocycles. The van der Waals surface area contributed by atoms with Crippen LogP contribution in [-0.4, -0.2) is 35.3 Å². The topological polar surface area (TPSA) is 116 Å². The van der Waals surface area contributed by atoms with Crippen LogP contribution in [0.2, 0.25) is 0 Å². The smallest absolute Gasteiger partial charge is 0.329 e. The fourth-order valence-electron chi connectivity index (χ4n) is 3.86. The summed E-state index contributed by atoms with van der Waals surface area (Å²) in [5.41, 5.74) is 2.37. The Hall–Kier alpha value is -4.15. The van der Waals surface area contributed by atoms with Gasteiger partial charge in [-0.05, 0) is 32.0 Å². The number of nitrogens with zero attached hydrogens (tertiary/aromatic N) is 4. The third-order valence-corrected chi connectivity index (χ3v) is 5.78. The lowest BCUT2D eigenvalue weighted by Gasteiger charge is -2.39. The zero-order chi connectivity index (χ0) is 26.2. The molecule has 0 aliphatic carbocycles. The van der Waals surface area contributed by atoms with Gasteiger partial charge in [-0.25, -0.2) is 19.0 Å². The van der Waals surface area contributed by atoms with Gasteiger partial charge < -0.3 is 15.2 Å². The summed E-state index contributed by atoms with van der Waals surface area (Å²) >= 11 is 0. The van der Waals surface area contributed by atoms with E-state index in [0.717, 1.165) is 11.3 Å². The Morgan fingerprint density at radius 3 is 2.56 bits per heavy atom. The molecule has 0 radical (unpaired) electrons. The van der Waals surface area contributed by atoms with Crippen molar-refractivity contribution in [1.29, 1.82) is 0 Å². The monoisotopic (exact) mass is 495 g/mol. The summed E-state index contributed by atoms with van der Waals surface area (Å²) in [5.74, 6) is 0.145. The van der Waals surface area contributed by atoms with Gasteiger partial charge in [-0.15, -0.1) is 0 Å². The third kappa shape index (κ3) is 4.95. The Balaban J connectivity index is 1.57. The van der Waals surface area contributed by atoms with E-state index in [1.165, 1.54) is 23.1 Å². The fraction of sp³-hybridized carbons (Fsp3) is 0.360. The minimum atomic E-state index is -0.703. The second-order valence-electron chi connectivity index (χ2n) is 9.85. The highest BCUT2D eigenvalue weighted by Gasteiger charge is 2.34. The van der Waals surface area contributed by atoms with Crippen molar-refractivity contribution in [2.24, 2.45) is 0 Å². The van der Waals surface area contributed by atoms with E-state index in [-0.39, 0.29) is 35.6 Å². The van der Waals surface area contributed by atoms with Gasteiger partial charge in [-0.3, -0.25) is 15.1 Å². The SMILES string of the molecule is CNc1cc2c(cn1)CN(c1ccc(F)c(NC(=O)Nc3cc(C(C)(C)C)no3)c1)C(=O)N2C(C)C. The van der Waals surface area contributed by atoms with Gasteiger partial charge >= 0.3 is 12.1 Å². The molecule has 3 aromatic rings. The first-order valence-corrected chi connectivity index (χ1v) is 11.6. The predicted molar refractivity (Wildman–Crippen MR) is 137 cm³/mol. The number of hydrogen-bond acceptors (Lipinski definition) is 6. The van der Waals surface area contributed by atoms with Gasteiger partial charge in [0.25, 0.3) is 0 Å². The molecule has 4 rings (SSSR count). The van der Waals surface area contributed by atoms with Crippen LogP contribution in [0.1, 0.15) is 45.9 Å². The lowest BCUT2D eigenvalue weighted by molar-refractivity contribution is 0.248. The summed E-state index contributed by atoms with van der Waals surface area (Å²) in [6.07, 6.45) is 1.72. The van der Waals surface area contributed by atoms with E-state index >= 15 is 0 Å². The average molecular weight is 496 g/mol. The van der Waals surface area contributed by atoms with Crippen LogP contribution in [-0.2, 0) is 12.0 Å². The second-order valence-corrected chi connectivity index (χ2v) is 9.85. The molecule has 0 unspecified atom stereocenters. The fourth-order valence-corrected chi connectivity index (χ4v) is 3.86. The van der Waals surface area contributed by atoms with E-state index in [1.54, 1.807) is 24.2 Å². The van der Waals surface area contributed by atoms with Crippen molar-refractivity contribution in [2.45, 2.75) is 52.6 Å². The van der Waals surface area contributed by atoms with Crippen molar-refractivity contribution in [3.05, 3.63) is 53.6 Å².